The van der Waals surface area contributed by atoms with Crippen LogP contribution in [0.5, 0.6) is 0 Å². The van der Waals surface area contributed by atoms with Gasteiger partial charge in [-0.25, -0.2) is 9.18 Å². The molecule has 2 N–H and O–H groups in total. The molecule has 2 aliphatic carbocycles. The molecule has 2 aliphatic rings. The first-order valence-corrected chi connectivity index (χ1v) is 10.7. The van der Waals surface area contributed by atoms with E-state index in [1.165, 1.54) is 17.5 Å². The third kappa shape index (κ3) is 2.91. The number of aliphatic hydroxyl groups excluding tert-OH is 1. The zero-order valence-corrected chi connectivity index (χ0v) is 16.8. The van der Waals surface area contributed by atoms with E-state index in [0.29, 0.717) is 16.8 Å². The summed E-state index contributed by atoms with van der Waals surface area (Å²) < 4.78 is 16.9. The zero-order chi connectivity index (χ0) is 20.4. The summed E-state index contributed by atoms with van der Waals surface area (Å²) in [7, 11) is 0. The van der Waals surface area contributed by atoms with Gasteiger partial charge in [0, 0.05) is 27.6 Å². The van der Waals surface area contributed by atoms with Gasteiger partial charge in [-0.15, -0.1) is 11.3 Å². The maximum absolute atomic E-state index is 15.2. The van der Waals surface area contributed by atoms with Crippen molar-refractivity contribution in [3.05, 3.63) is 55.4 Å². The van der Waals surface area contributed by atoms with E-state index >= 15 is 4.39 Å². The third-order valence-corrected chi connectivity index (χ3v) is 7.36. The quantitative estimate of drug-likeness (QED) is 0.614. The van der Waals surface area contributed by atoms with E-state index in [9.17, 15) is 19.8 Å². The van der Waals surface area contributed by atoms with Crippen LogP contribution in [0, 0.1) is 5.82 Å². The summed E-state index contributed by atoms with van der Waals surface area (Å²) >= 11 is 7.98. The molecule has 3 aromatic rings. The van der Waals surface area contributed by atoms with E-state index < -0.39 is 23.3 Å². The molecule has 0 aliphatic heterocycles. The first kappa shape index (κ1) is 18.8. The predicted octanol–water partition coefficient (Wildman–Crippen LogP) is 4.93. The average molecular weight is 434 g/mol. The Labute approximate surface area is 174 Å². The van der Waals surface area contributed by atoms with Gasteiger partial charge in [0.2, 0.25) is 5.43 Å². The lowest BCUT2D eigenvalue weighted by atomic mass is 9.96. The Bertz CT molecular complexity index is 1240. The van der Waals surface area contributed by atoms with Gasteiger partial charge in [-0.1, -0.05) is 11.6 Å². The maximum atomic E-state index is 15.2. The fraction of sp³-hybridized carbons (Fsp3) is 0.333. The minimum Gasteiger partial charge on any atom is -0.477 e. The summed E-state index contributed by atoms with van der Waals surface area (Å²) in [5.74, 6) is -2.01. The summed E-state index contributed by atoms with van der Waals surface area (Å²) in [5, 5.41) is 19.7. The summed E-state index contributed by atoms with van der Waals surface area (Å²) in [6, 6.07) is 3.01. The van der Waals surface area contributed by atoms with E-state index in [1.807, 2.05) is 6.07 Å². The molecule has 1 aromatic carbocycles. The SMILES string of the molecule is O=C(O)c1cn(C2CC2)c2c(Cl)c(-c3cc4c(s3)C(O)CCC4)c(F)cc2c1=O. The number of pyridine rings is 1. The number of aromatic carboxylic acids is 1. The molecular weight excluding hydrogens is 417 g/mol. The first-order valence-electron chi connectivity index (χ1n) is 9.48. The van der Waals surface area contributed by atoms with Crippen molar-refractivity contribution in [3.63, 3.8) is 0 Å². The van der Waals surface area contributed by atoms with Crippen molar-refractivity contribution in [1.29, 1.82) is 0 Å². The van der Waals surface area contributed by atoms with Crippen LogP contribution >= 0.6 is 22.9 Å². The Balaban J connectivity index is 1.81. The number of aryl methyl sites for hydroxylation is 1. The van der Waals surface area contributed by atoms with Gasteiger partial charge in [-0.05, 0) is 49.8 Å². The molecule has 0 bridgehead atoms. The molecule has 0 amide bonds. The number of carboxylic acid groups (broad SMARTS) is 1. The van der Waals surface area contributed by atoms with Crippen molar-refractivity contribution in [2.45, 2.75) is 44.2 Å². The summed E-state index contributed by atoms with van der Waals surface area (Å²) in [4.78, 5) is 25.6. The topological polar surface area (TPSA) is 79.5 Å². The van der Waals surface area contributed by atoms with E-state index in [4.69, 9.17) is 11.6 Å². The van der Waals surface area contributed by atoms with Crippen LogP contribution in [0.2, 0.25) is 5.02 Å². The standard InChI is InChI=1S/C21H17ClFNO4S/c22-17-16(15-6-9-2-1-3-14(25)20(9)29-15)13(23)7-11-18(17)24(10-4-5-10)8-12(19(11)26)21(27)28/h6-8,10,14,25H,1-5H2,(H,27,28). The number of halogens is 2. The Hall–Kier alpha value is -2.22. The molecule has 0 radical (unpaired) electrons. The number of hydrogen-bond acceptors (Lipinski definition) is 4. The second kappa shape index (κ2) is 6.65. The molecule has 150 valence electrons. The molecule has 1 fully saturated rings. The zero-order valence-electron chi connectivity index (χ0n) is 15.2. The number of fused-ring (bicyclic) bond motifs is 2. The number of benzene rings is 1. The first-order chi connectivity index (χ1) is 13.9. The van der Waals surface area contributed by atoms with Crippen LogP contribution in [0.15, 0.2) is 23.1 Å². The molecule has 0 saturated heterocycles. The number of aromatic nitrogens is 1. The lowest BCUT2D eigenvalue weighted by molar-refractivity contribution is 0.0695. The van der Waals surface area contributed by atoms with Crippen LogP contribution in [0.1, 0.15) is 58.6 Å². The number of carbonyl (C=O) groups is 1. The van der Waals surface area contributed by atoms with Gasteiger partial charge in [0.1, 0.15) is 11.4 Å². The van der Waals surface area contributed by atoms with E-state index in [0.717, 1.165) is 42.2 Å². The van der Waals surface area contributed by atoms with Gasteiger partial charge in [-0.2, -0.15) is 0 Å². The van der Waals surface area contributed by atoms with Crippen LogP contribution in [-0.4, -0.2) is 20.7 Å². The molecule has 29 heavy (non-hydrogen) atoms. The van der Waals surface area contributed by atoms with Gasteiger partial charge in [0.15, 0.2) is 0 Å². The lowest BCUT2D eigenvalue weighted by Crippen LogP contribution is -2.19. The third-order valence-electron chi connectivity index (χ3n) is 5.69. The van der Waals surface area contributed by atoms with Crippen LogP contribution in [0.25, 0.3) is 21.3 Å². The van der Waals surface area contributed by atoms with Crippen LogP contribution in [-0.2, 0) is 6.42 Å². The summed E-state index contributed by atoms with van der Waals surface area (Å²) in [5.41, 5.74) is 0.440. The highest BCUT2D eigenvalue weighted by Gasteiger charge is 2.30. The molecule has 2 heterocycles. The van der Waals surface area contributed by atoms with E-state index in [1.54, 1.807) is 4.57 Å². The van der Waals surface area contributed by atoms with Gasteiger partial charge in [0.05, 0.1) is 22.0 Å². The molecular formula is C21H17ClFNO4S. The Morgan fingerprint density at radius 2 is 2.03 bits per heavy atom. The molecule has 8 heteroatoms. The number of aliphatic hydroxyl groups is 1. The predicted molar refractivity (Wildman–Crippen MR) is 110 cm³/mol. The monoisotopic (exact) mass is 433 g/mol. The largest absolute Gasteiger partial charge is 0.477 e. The summed E-state index contributed by atoms with van der Waals surface area (Å²) in [6.45, 7) is 0. The lowest BCUT2D eigenvalue weighted by Gasteiger charge is -2.16. The molecule has 5 rings (SSSR count). The van der Waals surface area contributed by atoms with Crippen LogP contribution in [0.3, 0.4) is 0 Å². The molecule has 5 nitrogen and oxygen atoms in total. The van der Waals surface area contributed by atoms with Crippen molar-refractivity contribution in [2.75, 3.05) is 0 Å². The molecule has 0 spiro atoms. The molecule has 1 unspecified atom stereocenters. The Kier molecular flexibility index (Phi) is 4.31. The number of rotatable bonds is 3. The van der Waals surface area contributed by atoms with Gasteiger partial charge < -0.3 is 14.8 Å². The van der Waals surface area contributed by atoms with Crippen molar-refractivity contribution in [3.8, 4) is 10.4 Å². The number of carboxylic acids is 1. The molecule has 2 aromatic heterocycles. The maximum Gasteiger partial charge on any atom is 0.341 e. The van der Waals surface area contributed by atoms with Crippen molar-refractivity contribution >= 4 is 39.8 Å². The number of nitrogens with zero attached hydrogens (tertiary/aromatic N) is 1. The number of hydrogen-bond donors (Lipinski definition) is 2. The average Bonchev–Trinajstić information content (AvgIpc) is 3.42. The van der Waals surface area contributed by atoms with Gasteiger partial charge in [-0.3, -0.25) is 4.79 Å². The highest BCUT2D eigenvalue weighted by atomic mass is 35.5. The Morgan fingerprint density at radius 1 is 1.28 bits per heavy atom. The minimum atomic E-state index is -1.34. The molecule has 1 saturated carbocycles. The fourth-order valence-corrected chi connectivity index (χ4v) is 5.85. The highest BCUT2D eigenvalue weighted by Crippen LogP contribution is 2.46. The van der Waals surface area contributed by atoms with Crippen molar-refractivity contribution < 1.29 is 19.4 Å². The van der Waals surface area contributed by atoms with E-state index in [2.05, 4.69) is 0 Å². The second-order valence-corrected chi connectivity index (χ2v) is 9.13. The molecule has 1 atom stereocenters. The highest BCUT2D eigenvalue weighted by molar-refractivity contribution is 7.15. The fourth-order valence-electron chi connectivity index (χ4n) is 4.12. The van der Waals surface area contributed by atoms with Crippen molar-refractivity contribution in [2.24, 2.45) is 0 Å². The minimum absolute atomic E-state index is 0.0237. The number of thiophene rings is 1. The van der Waals surface area contributed by atoms with Gasteiger partial charge >= 0.3 is 5.97 Å². The normalized spacial score (nSPS) is 18.8. The Morgan fingerprint density at radius 3 is 2.69 bits per heavy atom. The van der Waals surface area contributed by atoms with Crippen molar-refractivity contribution in [1.82, 2.24) is 4.57 Å². The van der Waals surface area contributed by atoms with Crippen LogP contribution in [0.4, 0.5) is 4.39 Å². The van der Waals surface area contributed by atoms with Crippen LogP contribution < -0.4 is 5.43 Å². The van der Waals surface area contributed by atoms with E-state index in [-0.39, 0.29) is 27.6 Å². The van der Waals surface area contributed by atoms with Gasteiger partial charge in [0.25, 0.3) is 0 Å². The second-order valence-electron chi connectivity index (χ2n) is 7.67. The smallest absolute Gasteiger partial charge is 0.341 e. The summed E-state index contributed by atoms with van der Waals surface area (Å²) in [6.07, 6.45) is 4.84.